The third-order valence-corrected chi connectivity index (χ3v) is 3.13. The molecule has 2 rings (SSSR count). The van der Waals surface area contributed by atoms with Crippen LogP contribution in [0.1, 0.15) is 12.5 Å². The van der Waals surface area contributed by atoms with Crippen LogP contribution in [-0.4, -0.2) is 21.6 Å². The molecule has 2 N–H and O–H groups in total. The van der Waals surface area contributed by atoms with Crippen molar-refractivity contribution >= 4 is 11.4 Å². The van der Waals surface area contributed by atoms with E-state index in [0.717, 1.165) is 18.3 Å². The van der Waals surface area contributed by atoms with Gasteiger partial charge in [0.2, 0.25) is 0 Å². The number of nitro groups is 1. The third kappa shape index (κ3) is 3.34. The van der Waals surface area contributed by atoms with E-state index in [9.17, 15) is 24.0 Å². The molecule has 6 nitrogen and oxygen atoms in total. The molecule has 0 amide bonds. The molecular weight excluding hydrogens is 296 g/mol. The minimum absolute atomic E-state index is 0.113. The molecule has 0 aliphatic heterocycles. The fourth-order valence-electron chi connectivity index (χ4n) is 1.97. The van der Waals surface area contributed by atoms with E-state index in [1.165, 1.54) is 19.2 Å². The lowest BCUT2D eigenvalue weighted by Crippen LogP contribution is -2.32. The number of rotatable bonds is 5. The van der Waals surface area contributed by atoms with Crippen LogP contribution in [0.15, 0.2) is 36.7 Å². The van der Waals surface area contributed by atoms with E-state index < -0.39 is 22.2 Å². The van der Waals surface area contributed by atoms with Crippen LogP contribution < -0.4 is 5.32 Å². The Kier molecular flexibility index (Phi) is 4.32. The molecule has 1 heterocycles. The molecule has 1 aromatic heterocycles. The van der Waals surface area contributed by atoms with E-state index >= 15 is 0 Å². The number of aromatic nitrogens is 1. The molecule has 0 aliphatic carbocycles. The van der Waals surface area contributed by atoms with Gasteiger partial charge >= 0.3 is 5.69 Å². The summed E-state index contributed by atoms with van der Waals surface area (Å²) in [6.45, 7) is 1.11. The van der Waals surface area contributed by atoms with Gasteiger partial charge in [0.15, 0.2) is 0 Å². The van der Waals surface area contributed by atoms with Crippen LogP contribution in [0.3, 0.4) is 0 Å². The SMILES string of the molecule is C[C@@](O)(CNc1ccncc1[N+](=O)[O-])c1ccc(F)cc1F. The molecule has 0 bridgehead atoms. The van der Waals surface area contributed by atoms with Crippen molar-refractivity contribution in [3.63, 3.8) is 0 Å². The highest BCUT2D eigenvalue weighted by Crippen LogP contribution is 2.27. The van der Waals surface area contributed by atoms with Crippen LogP contribution in [0.2, 0.25) is 0 Å². The second-order valence-electron chi connectivity index (χ2n) is 4.90. The summed E-state index contributed by atoms with van der Waals surface area (Å²) in [5.74, 6) is -1.65. The zero-order valence-corrected chi connectivity index (χ0v) is 11.6. The van der Waals surface area contributed by atoms with E-state index in [1.807, 2.05) is 0 Å². The van der Waals surface area contributed by atoms with Crippen molar-refractivity contribution in [1.29, 1.82) is 0 Å². The van der Waals surface area contributed by atoms with Crippen LogP contribution in [0, 0.1) is 21.7 Å². The maximum atomic E-state index is 13.7. The lowest BCUT2D eigenvalue weighted by Gasteiger charge is -2.25. The highest BCUT2D eigenvalue weighted by molar-refractivity contribution is 5.59. The highest BCUT2D eigenvalue weighted by atomic mass is 19.1. The molecule has 1 aromatic carbocycles. The lowest BCUT2D eigenvalue weighted by molar-refractivity contribution is -0.384. The molecule has 116 valence electrons. The van der Waals surface area contributed by atoms with Gasteiger partial charge in [0.05, 0.1) is 4.92 Å². The molecule has 0 unspecified atom stereocenters. The molecule has 8 heteroatoms. The predicted octanol–water partition coefficient (Wildman–Crippen LogP) is 2.59. The number of hydrogen-bond acceptors (Lipinski definition) is 5. The number of nitrogens with one attached hydrogen (secondary N) is 1. The summed E-state index contributed by atoms with van der Waals surface area (Å²) < 4.78 is 26.6. The number of hydrogen-bond donors (Lipinski definition) is 2. The summed E-state index contributed by atoms with van der Waals surface area (Å²) in [6.07, 6.45) is 2.41. The van der Waals surface area contributed by atoms with Crippen LogP contribution in [0.4, 0.5) is 20.2 Å². The van der Waals surface area contributed by atoms with Crippen LogP contribution >= 0.6 is 0 Å². The molecule has 1 atom stereocenters. The van der Waals surface area contributed by atoms with Gasteiger partial charge in [0.25, 0.3) is 0 Å². The predicted molar refractivity (Wildman–Crippen MR) is 75.3 cm³/mol. The first-order chi connectivity index (χ1) is 10.3. The van der Waals surface area contributed by atoms with Gasteiger partial charge < -0.3 is 10.4 Å². The number of benzene rings is 1. The summed E-state index contributed by atoms with van der Waals surface area (Å²) in [5.41, 5.74) is -1.92. The van der Waals surface area contributed by atoms with Crippen molar-refractivity contribution in [1.82, 2.24) is 4.98 Å². The van der Waals surface area contributed by atoms with Gasteiger partial charge in [-0.1, -0.05) is 6.07 Å². The topological polar surface area (TPSA) is 88.3 Å². The van der Waals surface area contributed by atoms with Gasteiger partial charge in [-0.3, -0.25) is 15.1 Å². The number of pyridine rings is 1. The number of halogens is 2. The van der Waals surface area contributed by atoms with Crippen molar-refractivity contribution in [3.8, 4) is 0 Å². The Labute approximate surface area is 124 Å². The Morgan fingerprint density at radius 3 is 2.77 bits per heavy atom. The molecule has 0 aliphatic rings. The highest BCUT2D eigenvalue weighted by Gasteiger charge is 2.27. The summed E-state index contributed by atoms with van der Waals surface area (Å²) in [6, 6.07) is 4.20. The first-order valence-corrected chi connectivity index (χ1v) is 6.31. The molecule has 0 fully saturated rings. The zero-order valence-electron chi connectivity index (χ0n) is 11.6. The average Bonchev–Trinajstić information content (AvgIpc) is 2.45. The second kappa shape index (κ2) is 6.02. The largest absolute Gasteiger partial charge is 0.383 e. The first kappa shape index (κ1) is 15.8. The number of nitrogens with zero attached hydrogens (tertiary/aromatic N) is 2. The Balaban J connectivity index is 2.21. The second-order valence-corrected chi connectivity index (χ2v) is 4.90. The van der Waals surface area contributed by atoms with E-state index in [1.54, 1.807) is 0 Å². The van der Waals surface area contributed by atoms with Gasteiger partial charge in [0.1, 0.15) is 29.1 Å². The standard InChI is InChI=1S/C14H13F2N3O3/c1-14(20,10-3-2-9(15)6-11(10)16)8-18-12-4-5-17-7-13(12)19(21)22/h2-7,20H,8H2,1H3,(H,17,18)/t14-/m1/s1. The maximum Gasteiger partial charge on any atom is 0.310 e. The third-order valence-electron chi connectivity index (χ3n) is 3.13. The quantitative estimate of drug-likeness (QED) is 0.654. The van der Waals surface area contributed by atoms with Crippen LogP contribution in [0.25, 0.3) is 0 Å². The molecule has 22 heavy (non-hydrogen) atoms. The summed E-state index contributed by atoms with van der Waals surface area (Å²) >= 11 is 0. The normalized spacial score (nSPS) is 13.5. The lowest BCUT2D eigenvalue weighted by atomic mass is 9.95. The Hall–Kier alpha value is -2.61. The van der Waals surface area contributed by atoms with Crippen molar-refractivity contribution in [2.75, 3.05) is 11.9 Å². The van der Waals surface area contributed by atoms with Crippen molar-refractivity contribution in [2.24, 2.45) is 0 Å². The van der Waals surface area contributed by atoms with Gasteiger partial charge in [-0.25, -0.2) is 8.78 Å². The zero-order chi connectivity index (χ0) is 16.3. The van der Waals surface area contributed by atoms with Crippen molar-refractivity contribution in [2.45, 2.75) is 12.5 Å². The van der Waals surface area contributed by atoms with E-state index in [4.69, 9.17) is 0 Å². The first-order valence-electron chi connectivity index (χ1n) is 6.31. The fourth-order valence-corrected chi connectivity index (χ4v) is 1.97. The molecule has 2 aromatic rings. The van der Waals surface area contributed by atoms with Crippen molar-refractivity contribution in [3.05, 3.63) is 64.0 Å². The van der Waals surface area contributed by atoms with Crippen LogP contribution in [0.5, 0.6) is 0 Å². The average molecular weight is 309 g/mol. The van der Waals surface area contributed by atoms with E-state index in [0.29, 0.717) is 6.07 Å². The monoisotopic (exact) mass is 309 g/mol. The number of anilines is 1. The van der Waals surface area contributed by atoms with Gasteiger partial charge in [-0.2, -0.15) is 0 Å². The van der Waals surface area contributed by atoms with Gasteiger partial charge in [-0.05, 0) is 19.1 Å². The minimum atomic E-state index is -1.69. The van der Waals surface area contributed by atoms with E-state index in [2.05, 4.69) is 10.3 Å². The molecule has 0 radical (unpaired) electrons. The smallest absolute Gasteiger partial charge is 0.310 e. The molecule has 0 saturated heterocycles. The minimum Gasteiger partial charge on any atom is -0.383 e. The van der Waals surface area contributed by atoms with Crippen LogP contribution in [-0.2, 0) is 5.60 Å². The summed E-state index contributed by atoms with van der Waals surface area (Å²) in [4.78, 5) is 13.9. The summed E-state index contributed by atoms with van der Waals surface area (Å²) in [5, 5.41) is 23.9. The Morgan fingerprint density at radius 1 is 1.41 bits per heavy atom. The summed E-state index contributed by atoms with van der Waals surface area (Å²) in [7, 11) is 0. The van der Waals surface area contributed by atoms with Crippen molar-refractivity contribution < 1.29 is 18.8 Å². The molecular formula is C14H13F2N3O3. The Morgan fingerprint density at radius 2 is 2.14 bits per heavy atom. The fraction of sp³-hybridized carbons (Fsp3) is 0.214. The Bertz CT molecular complexity index is 707. The maximum absolute atomic E-state index is 13.7. The van der Waals surface area contributed by atoms with Gasteiger partial charge in [0, 0.05) is 24.4 Å². The molecule has 0 spiro atoms. The van der Waals surface area contributed by atoms with E-state index in [-0.39, 0.29) is 23.5 Å². The molecule has 0 saturated carbocycles. The number of aliphatic hydroxyl groups is 1. The van der Waals surface area contributed by atoms with Gasteiger partial charge in [-0.15, -0.1) is 0 Å².